The Morgan fingerprint density at radius 1 is 1.32 bits per heavy atom. The molecule has 1 aromatic carbocycles. The van der Waals surface area contributed by atoms with Gasteiger partial charge in [-0.3, -0.25) is 4.68 Å². The molecule has 3 nitrogen and oxygen atoms in total. The highest BCUT2D eigenvalue weighted by Gasteiger charge is 2.20. The van der Waals surface area contributed by atoms with Crippen LogP contribution in [0.25, 0.3) is 0 Å². The first-order chi connectivity index (χ1) is 9.17. The maximum Gasteiger partial charge on any atom is 0.128 e. The Bertz CT molecular complexity index is 551. The van der Waals surface area contributed by atoms with Crippen LogP contribution in [0.1, 0.15) is 30.6 Å². The van der Waals surface area contributed by atoms with Crippen molar-refractivity contribution in [3.8, 4) is 0 Å². The maximum absolute atomic E-state index is 13.9. The average Bonchev–Trinajstić information content (AvgIpc) is 2.83. The van der Waals surface area contributed by atoms with Crippen LogP contribution < -0.4 is 5.32 Å². The predicted octanol–water partition coefficient (Wildman–Crippen LogP) is 2.88. The Morgan fingerprint density at radius 3 is 2.79 bits per heavy atom. The van der Waals surface area contributed by atoms with E-state index in [0.717, 1.165) is 30.8 Å². The highest BCUT2D eigenvalue weighted by atomic mass is 19.1. The van der Waals surface area contributed by atoms with Crippen molar-refractivity contribution in [2.45, 2.75) is 25.9 Å². The highest BCUT2D eigenvalue weighted by molar-refractivity contribution is 5.29. The van der Waals surface area contributed by atoms with Crippen molar-refractivity contribution in [3.05, 3.63) is 53.4 Å². The lowest BCUT2D eigenvalue weighted by molar-refractivity contribution is 0.511. The molecule has 1 aromatic heterocycles. The number of halogens is 2. The minimum absolute atomic E-state index is 0.292. The minimum atomic E-state index is -0.446. The fraction of sp³-hybridized carbons (Fsp3) is 0.357. The summed E-state index contributed by atoms with van der Waals surface area (Å²) in [6.07, 6.45) is 2.60. The van der Waals surface area contributed by atoms with Gasteiger partial charge in [-0.25, -0.2) is 8.78 Å². The number of nitrogens with one attached hydrogen (secondary N) is 1. The van der Waals surface area contributed by atoms with Gasteiger partial charge in [0.05, 0.1) is 11.7 Å². The quantitative estimate of drug-likeness (QED) is 0.901. The predicted molar refractivity (Wildman–Crippen MR) is 69.8 cm³/mol. The van der Waals surface area contributed by atoms with E-state index in [2.05, 4.69) is 10.4 Å². The van der Waals surface area contributed by atoms with Crippen LogP contribution >= 0.6 is 0 Å². The lowest BCUT2D eigenvalue weighted by atomic mass is 10.0. The smallest absolute Gasteiger partial charge is 0.128 e. The van der Waals surface area contributed by atoms with Gasteiger partial charge in [0.25, 0.3) is 0 Å². The SMILES string of the molecule is CCCn1nccc1C(NC)c1cc(F)ccc1F. The molecule has 0 amide bonds. The molecule has 102 valence electrons. The molecule has 0 spiro atoms. The standard InChI is InChI=1S/C14H17F2N3/c1-3-8-19-13(6-7-18-19)14(17-2)11-9-10(15)4-5-12(11)16/h4-7,9,14,17H,3,8H2,1-2H3. The van der Waals surface area contributed by atoms with Crippen LogP contribution in [0.3, 0.4) is 0 Å². The van der Waals surface area contributed by atoms with Crippen molar-refractivity contribution in [1.29, 1.82) is 0 Å². The molecule has 1 atom stereocenters. The van der Waals surface area contributed by atoms with Crippen molar-refractivity contribution in [2.75, 3.05) is 7.05 Å². The van der Waals surface area contributed by atoms with E-state index >= 15 is 0 Å². The van der Waals surface area contributed by atoms with Gasteiger partial charge < -0.3 is 5.32 Å². The molecule has 0 bridgehead atoms. The van der Waals surface area contributed by atoms with E-state index in [4.69, 9.17) is 0 Å². The first-order valence-corrected chi connectivity index (χ1v) is 6.31. The van der Waals surface area contributed by atoms with Gasteiger partial charge in [-0.1, -0.05) is 6.92 Å². The number of nitrogens with zero attached hydrogens (tertiary/aromatic N) is 2. The summed E-state index contributed by atoms with van der Waals surface area (Å²) in [5.41, 5.74) is 1.12. The van der Waals surface area contributed by atoms with Crippen molar-refractivity contribution in [3.63, 3.8) is 0 Å². The summed E-state index contributed by atoms with van der Waals surface area (Å²) in [5.74, 6) is -0.872. The first-order valence-electron chi connectivity index (χ1n) is 6.31. The second kappa shape index (κ2) is 5.93. The summed E-state index contributed by atoms with van der Waals surface area (Å²) in [6, 6.07) is 4.90. The molecule has 0 aliphatic carbocycles. The summed E-state index contributed by atoms with van der Waals surface area (Å²) in [5, 5.41) is 7.23. The molecule has 0 saturated carbocycles. The summed E-state index contributed by atoms with van der Waals surface area (Å²) in [7, 11) is 1.72. The molecule has 5 heteroatoms. The maximum atomic E-state index is 13.9. The molecule has 2 rings (SSSR count). The zero-order valence-electron chi connectivity index (χ0n) is 11.0. The molecule has 0 radical (unpaired) electrons. The van der Waals surface area contributed by atoms with Gasteiger partial charge in [0, 0.05) is 18.3 Å². The van der Waals surface area contributed by atoms with Gasteiger partial charge in [0.15, 0.2) is 0 Å². The number of aryl methyl sites for hydroxylation is 1. The first kappa shape index (κ1) is 13.7. The number of benzene rings is 1. The summed E-state index contributed by atoms with van der Waals surface area (Å²) >= 11 is 0. The third kappa shape index (κ3) is 2.81. The van der Waals surface area contributed by atoms with Gasteiger partial charge in [-0.2, -0.15) is 5.10 Å². The lowest BCUT2D eigenvalue weighted by Gasteiger charge is -2.19. The van der Waals surface area contributed by atoms with Crippen molar-refractivity contribution < 1.29 is 8.78 Å². The van der Waals surface area contributed by atoms with Crippen LogP contribution in [0.5, 0.6) is 0 Å². The summed E-state index contributed by atoms with van der Waals surface area (Å²) < 4.78 is 29.0. The van der Waals surface area contributed by atoms with E-state index in [1.807, 2.05) is 17.7 Å². The number of aromatic nitrogens is 2. The van der Waals surface area contributed by atoms with Crippen molar-refractivity contribution >= 4 is 0 Å². The molecule has 2 aromatic rings. The van der Waals surface area contributed by atoms with Crippen LogP contribution in [0, 0.1) is 11.6 Å². The number of hydrogen-bond acceptors (Lipinski definition) is 2. The van der Waals surface area contributed by atoms with E-state index in [-0.39, 0.29) is 0 Å². The summed E-state index contributed by atoms with van der Waals surface area (Å²) in [4.78, 5) is 0. The van der Waals surface area contributed by atoms with E-state index in [0.29, 0.717) is 5.56 Å². The highest BCUT2D eigenvalue weighted by Crippen LogP contribution is 2.25. The van der Waals surface area contributed by atoms with E-state index in [1.165, 1.54) is 6.07 Å². The average molecular weight is 265 g/mol. The molecule has 19 heavy (non-hydrogen) atoms. The normalized spacial score (nSPS) is 12.6. The molecule has 0 saturated heterocycles. The largest absolute Gasteiger partial charge is 0.308 e. The topological polar surface area (TPSA) is 29.9 Å². The van der Waals surface area contributed by atoms with Crippen molar-refractivity contribution in [1.82, 2.24) is 15.1 Å². The monoisotopic (exact) mass is 265 g/mol. The second-order valence-corrected chi connectivity index (χ2v) is 4.37. The molecular weight excluding hydrogens is 248 g/mol. The van der Waals surface area contributed by atoms with Crippen LogP contribution in [0.4, 0.5) is 8.78 Å². The van der Waals surface area contributed by atoms with Crippen LogP contribution in [-0.4, -0.2) is 16.8 Å². The van der Waals surface area contributed by atoms with Crippen LogP contribution in [-0.2, 0) is 6.54 Å². The van der Waals surface area contributed by atoms with Crippen LogP contribution in [0.15, 0.2) is 30.5 Å². The molecule has 1 unspecified atom stereocenters. The Kier molecular flexibility index (Phi) is 4.27. The zero-order valence-corrected chi connectivity index (χ0v) is 11.0. The molecular formula is C14H17F2N3. The van der Waals surface area contributed by atoms with Gasteiger partial charge in [0.2, 0.25) is 0 Å². The number of rotatable bonds is 5. The Hall–Kier alpha value is -1.75. The van der Waals surface area contributed by atoms with Gasteiger partial charge in [0.1, 0.15) is 11.6 Å². The fourth-order valence-corrected chi connectivity index (χ4v) is 2.19. The summed E-state index contributed by atoms with van der Waals surface area (Å²) in [6.45, 7) is 2.79. The third-order valence-corrected chi connectivity index (χ3v) is 3.04. The Morgan fingerprint density at radius 2 is 2.11 bits per heavy atom. The van der Waals surface area contributed by atoms with Gasteiger partial charge in [-0.05, 0) is 37.7 Å². The minimum Gasteiger partial charge on any atom is -0.308 e. The van der Waals surface area contributed by atoms with E-state index in [9.17, 15) is 8.78 Å². The zero-order chi connectivity index (χ0) is 13.8. The Labute approximate surface area is 111 Å². The fourth-order valence-electron chi connectivity index (χ4n) is 2.19. The van der Waals surface area contributed by atoms with Gasteiger partial charge >= 0.3 is 0 Å². The van der Waals surface area contributed by atoms with Crippen LogP contribution in [0.2, 0.25) is 0 Å². The van der Waals surface area contributed by atoms with Gasteiger partial charge in [-0.15, -0.1) is 0 Å². The lowest BCUT2D eigenvalue weighted by Crippen LogP contribution is -2.22. The second-order valence-electron chi connectivity index (χ2n) is 4.37. The molecule has 0 aliphatic rings. The number of hydrogen-bond donors (Lipinski definition) is 1. The molecule has 0 fully saturated rings. The van der Waals surface area contributed by atoms with E-state index in [1.54, 1.807) is 13.2 Å². The Balaban J connectivity index is 2.44. The van der Waals surface area contributed by atoms with Crippen molar-refractivity contribution in [2.24, 2.45) is 0 Å². The third-order valence-electron chi connectivity index (χ3n) is 3.04. The molecule has 0 aliphatic heterocycles. The van der Waals surface area contributed by atoms with E-state index < -0.39 is 17.7 Å². The molecule has 1 heterocycles. The molecule has 1 N–H and O–H groups in total.